The lowest BCUT2D eigenvalue weighted by atomic mass is 10.0. The average molecular weight is 485 g/mol. The highest BCUT2D eigenvalue weighted by Crippen LogP contribution is 2.31. The van der Waals surface area contributed by atoms with E-state index in [9.17, 15) is 23.1 Å². The van der Waals surface area contributed by atoms with Gasteiger partial charge in [-0.2, -0.15) is 13.2 Å². The highest BCUT2D eigenvalue weighted by molar-refractivity contribution is 7.14. The fourth-order valence-corrected chi connectivity index (χ4v) is 4.69. The van der Waals surface area contributed by atoms with Gasteiger partial charge < -0.3 is 10.0 Å². The van der Waals surface area contributed by atoms with E-state index in [1.165, 1.54) is 30.7 Å². The zero-order valence-electron chi connectivity index (χ0n) is 18.3. The summed E-state index contributed by atoms with van der Waals surface area (Å²) in [5.74, 6) is -1.10. The number of nitrogens with zero attached hydrogens (tertiary/aromatic N) is 2. The van der Waals surface area contributed by atoms with E-state index in [0.717, 1.165) is 54.5 Å². The summed E-state index contributed by atoms with van der Waals surface area (Å²) in [6.07, 6.45) is 3.71. The molecule has 1 fully saturated rings. The summed E-state index contributed by atoms with van der Waals surface area (Å²) in [6.45, 7) is 2.01. The van der Waals surface area contributed by atoms with E-state index in [0.29, 0.717) is 11.1 Å². The maximum Gasteiger partial charge on any atom is 0.416 e. The normalized spacial score (nSPS) is 15.1. The summed E-state index contributed by atoms with van der Waals surface area (Å²) in [7, 11) is 0. The van der Waals surface area contributed by atoms with Crippen molar-refractivity contribution < 1.29 is 23.1 Å². The third kappa shape index (κ3) is 5.75. The number of hydrogen-bond donors (Lipinski definition) is 1. The Kier molecular flexibility index (Phi) is 7.17. The van der Waals surface area contributed by atoms with Crippen molar-refractivity contribution in [1.82, 2.24) is 4.98 Å². The second-order valence-corrected chi connectivity index (χ2v) is 8.84. The molecule has 2 aromatic carbocycles. The summed E-state index contributed by atoms with van der Waals surface area (Å²) in [4.78, 5) is 19.0. The van der Waals surface area contributed by atoms with Crippen LogP contribution in [0.2, 0.25) is 0 Å². The van der Waals surface area contributed by atoms with Gasteiger partial charge in [0.15, 0.2) is 5.13 Å². The molecule has 2 heterocycles. The molecule has 1 aliphatic rings. The Labute approximate surface area is 199 Å². The fourth-order valence-electron chi connectivity index (χ4n) is 3.80. The van der Waals surface area contributed by atoms with Crippen LogP contribution in [0, 0.1) is 0 Å². The monoisotopic (exact) mass is 484 g/mol. The molecule has 1 aliphatic heterocycles. The van der Waals surface area contributed by atoms with Gasteiger partial charge in [0, 0.05) is 24.0 Å². The Morgan fingerprint density at radius 3 is 2.47 bits per heavy atom. The molecule has 1 aromatic heterocycles. The second-order valence-electron chi connectivity index (χ2n) is 8.01. The standard InChI is InChI=1S/C26H23F3N2O2S/c27-26(28,29)21-12-10-18(11-13-21)6-4-9-22(24(32)33)19-7-5-8-20(16-19)23-17-34-25(30-23)31-14-2-1-3-15-31/h4-13,16-17H,1-3,14-15H2,(H,32,33). The zero-order valence-corrected chi connectivity index (χ0v) is 19.1. The van der Waals surface area contributed by atoms with Crippen LogP contribution in [0.3, 0.4) is 0 Å². The topological polar surface area (TPSA) is 53.4 Å². The molecular formula is C26H23F3N2O2S. The number of piperidine rings is 1. The predicted octanol–water partition coefficient (Wildman–Crippen LogP) is 7.00. The number of aliphatic carboxylic acids is 1. The molecule has 4 nitrogen and oxygen atoms in total. The molecule has 0 amide bonds. The largest absolute Gasteiger partial charge is 0.478 e. The summed E-state index contributed by atoms with van der Waals surface area (Å²) >= 11 is 1.59. The third-order valence-electron chi connectivity index (χ3n) is 5.61. The lowest BCUT2D eigenvalue weighted by Crippen LogP contribution is -2.29. The molecule has 4 rings (SSSR count). The van der Waals surface area contributed by atoms with Gasteiger partial charge in [0.1, 0.15) is 0 Å². The van der Waals surface area contributed by atoms with Crippen molar-refractivity contribution in [3.8, 4) is 11.3 Å². The maximum atomic E-state index is 12.7. The summed E-state index contributed by atoms with van der Waals surface area (Å²) in [5, 5.41) is 12.7. The lowest BCUT2D eigenvalue weighted by molar-refractivity contribution is -0.137. The van der Waals surface area contributed by atoms with Crippen LogP contribution in [-0.4, -0.2) is 29.1 Å². The van der Waals surface area contributed by atoms with Crippen molar-refractivity contribution in [3.05, 3.63) is 82.8 Å². The van der Waals surface area contributed by atoms with E-state index in [1.54, 1.807) is 35.6 Å². The Hall–Kier alpha value is -3.39. The van der Waals surface area contributed by atoms with Crippen LogP contribution < -0.4 is 4.90 Å². The first-order chi connectivity index (χ1) is 16.3. The van der Waals surface area contributed by atoms with Crippen LogP contribution in [0.15, 0.2) is 66.1 Å². The first kappa shape index (κ1) is 23.8. The van der Waals surface area contributed by atoms with E-state index in [4.69, 9.17) is 4.98 Å². The number of thiazole rings is 1. The predicted molar refractivity (Wildman–Crippen MR) is 130 cm³/mol. The summed E-state index contributed by atoms with van der Waals surface area (Å²) in [6, 6.07) is 11.9. The molecule has 0 atom stereocenters. The maximum absolute atomic E-state index is 12.7. The van der Waals surface area contributed by atoms with E-state index >= 15 is 0 Å². The molecule has 0 spiro atoms. The minimum absolute atomic E-state index is 0.0801. The van der Waals surface area contributed by atoms with Gasteiger partial charge in [0.25, 0.3) is 0 Å². The number of carbonyl (C=O) groups is 1. The number of halogens is 3. The highest BCUT2D eigenvalue weighted by atomic mass is 32.1. The van der Waals surface area contributed by atoms with E-state index in [2.05, 4.69) is 4.90 Å². The summed E-state index contributed by atoms with van der Waals surface area (Å²) < 4.78 is 38.1. The van der Waals surface area contributed by atoms with Crippen molar-refractivity contribution in [2.45, 2.75) is 25.4 Å². The Balaban J connectivity index is 1.54. The van der Waals surface area contributed by atoms with Crippen LogP contribution in [0.5, 0.6) is 0 Å². The van der Waals surface area contributed by atoms with Gasteiger partial charge in [-0.1, -0.05) is 42.5 Å². The van der Waals surface area contributed by atoms with Crippen molar-refractivity contribution in [1.29, 1.82) is 0 Å². The van der Waals surface area contributed by atoms with Crippen LogP contribution in [0.4, 0.5) is 18.3 Å². The van der Waals surface area contributed by atoms with E-state index < -0.39 is 17.7 Å². The number of benzene rings is 2. The third-order valence-corrected chi connectivity index (χ3v) is 6.51. The molecule has 176 valence electrons. The van der Waals surface area contributed by atoms with Crippen LogP contribution in [0.1, 0.15) is 36.0 Å². The number of aromatic nitrogens is 1. The first-order valence-corrected chi connectivity index (χ1v) is 11.8. The SMILES string of the molecule is O=C(O)C(=CC=Cc1ccc(C(F)(F)F)cc1)c1cccc(-c2csc(N3CCCCC3)n2)c1. The Bertz CT molecular complexity index is 1210. The average Bonchev–Trinajstić information content (AvgIpc) is 3.32. The van der Waals surface area contributed by atoms with E-state index in [1.807, 2.05) is 11.4 Å². The summed E-state index contributed by atoms with van der Waals surface area (Å²) in [5.41, 5.74) is 2.04. The van der Waals surface area contributed by atoms with Crippen LogP contribution in [-0.2, 0) is 11.0 Å². The number of anilines is 1. The van der Waals surface area contributed by atoms with Crippen molar-refractivity contribution in [3.63, 3.8) is 0 Å². The smallest absolute Gasteiger partial charge is 0.416 e. The van der Waals surface area contributed by atoms with Gasteiger partial charge in [0.05, 0.1) is 16.8 Å². The van der Waals surface area contributed by atoms with Gasteiger partial charge in [-0.05, 0) is 54.7 Å². The van der Waals surface area contributed by atoms with Gasteiger partial charge in [-0.3, -0.25) is 0 Å². The number of rotatable bonds is 6. The van der Waals surface area contributed by atoms with Crippen molar-refractivity contribution >= 4 is 34.1 Å². The molecule has 0 radical (unpaired) electrons. The molecule has 3 aromatic rings. The Morgan fingerprint density at radius 2 is 1.79 bits per heavy atom. The highest BCUT2D eigenvalue weighted by Gasteiger charge is 2.29. The van der Waals surface area contributed by atoms with Gasteiger partial charge in [0.2, 0.25) is 0 Å². The zero-order chi connectivity index (χ0) is 24.1. The van der Waals surface area contributed by atoms with Gasteiger partial charge >= 0.3 is 12.1 Å². The number of allylic oxidation sites excluding steroid dienone is 2. The van der Waals surface area contributed by atoms with Gasteiger partial charge in [-0.15, -0.1) is 11.3 Å². The van der Waals surface area contributed by atoms with E-state index in [-0.39, 0.29) is 5.57 Å². The van der Waals surface area contributed by atoms with Crippen LogP contribution in [0.25, 0.3) is 22.9 Å². The molecule has 1 N–H and O–H groups in total. The molecular weight excluding hydrogens is 461 g/mol. The van der Waals surface area contributed by atoms with Crippen LogP contribution >= 0.6 is 11.3 Å². The number of carboxylic acids is 1. The van der Waals surface area contributed by atoms with Gasteiger partial charge in [-0.25, -0.2) is 9.78 Å². The first-order valence-electron chi connectivity index (χ1n) is 10.9. The van der Waals surface area contributed by atoms with Crippen molar-refractivity contribution in [2.75, 3.05) is 18.0 Å². The molecule has 0 aliphatic carbocycles. The fraction of sp³-hybridized carbons (Fsp3) is 0.231. The number of hydrogen-bond acceptors (Lipinski definition) is 4. The van der Waals surface area contributed by atoms with Crippen molar-refractivity contribution in [2.24, 2.45) is 0 Å². The number of carboxylic acid groups (broad SMARTS) is 1. The molecule has 8 heteroatoms. The minimum atomic E-state index is -4.39. The Morgan fingerprint density at radius 1 is 1.06 bits per heavy atom. The molecule has 34 heavy (non-hydrogen) atoms. The molecule has 0 unspecified atom stereocenters. The molecule has 1 saturated heterocycles. The molecule has 0 saturated carbocycles. The number of alkyl halides is 3. The quantitative estimate of drug-likeness (QED) is 0.302. The second kappa shape index (κ2) is 10.3. The molecule has 0 bridgehead atoms. The minimum Gasteiger partial charge on any atom is -0.478 e. The lowest BCUT2D eigenvalue weighted by Gasteiger charge is -2.25.